The number of rotatable bonds is 7. The van der Waals surface area contributed by atoms with Crippen LogP contribution in [0.4, 0.5) is 14.5 Å². The van der Waals surface area contributed by atoms with Gasteiger partial charge in [-0.05, 0) is 42.2 Å². The molecule has 0 aliphatic rings. The lowest BCUT2D eigenvalue weighted by molar-refractivity contribution is -0.0494. The maximum atomic E-state index is 12.8. The molecule has 0 atom stereocenters. The number of thioether (sulfide) groups is 1. The predicted octanol–water partition coefficient (Wildman–Crippen LogP) is 7.67. The van der Waals surface area contributed by atoms with Gasteiger partial charge in [-0.15, -0.1) is 11.8 Å². The largest absolute Gasteiger partial charge is 0.434 e. The highest BCUT2D eigenvalue weighted by Crippen LogP contribution is 2.41. The van der Waals surface area contributed by atoms with Crippen LogP contribution in [-0.4, -0.2) is 25.8 Å². The standard InChI is InChI=1S/C23H20Cl2F2N2OS/c1-28-21(11-14-7-9-16(31-2)10-8-14)29-15-12-18(24)22(19(25)13-15)17-5-3-4-6-20(17)30-23(26)27/h3-10,12-13,23H,11H2,1-2H3,(H,28,29). The summed E-state index contributed by atoms with van der Waals surface area (Å²) in [4.78, 5) is 5.51. The molecular formula is C23H20Cl2F2N2OS. The Balaban J connectivity index is 1.84. The van der Waals surface area contributed by atoms with Crippen molar-refractivity contribution in [2.24, 2.45) is 4.99 Å². The molecule has 0 heterocycles. The Kier molecular flexibility index (Phi) is 8.18. The van der Waals surface area contributed by atoms with Crippen molar-refractivity contribution in [3.63, 3.8) is 0 Å². The maximum Gasteiger partial charge on any atom is 0.387 e. The van der Waals surface area contributed by atoms with Crippen LogP contribution < -0.4 is 10.1 Å². The molecule has 3 aromatic rings. The van der Waals surface area contributed by atoms with Crippen LogP contribution in [0, 0.1) is 0 Å². The lowest BCUT2D eigenvalue weighted by atomic mass is 10.0. The summed E-state index contributed by atoms with van der Waals surface area (Å²) in [5, 5.41) is 3.85. The van der Waals surface area contributed by atoms with Gasteiger partial charge in [0.25, 0.3) is 0 Å². The topological polar surface area (TPSA) is 33.6 Å². The zero-order chi connectivity index (χ0) is 22.4. The number of hydrogen-bond acceptors (Lipinski definition) is 3. The van der Waals surface area contributed by atoms with E-state index >= 15 is 0 Å². The molecule has 0 aliphatic carbocycles. The number of ether oxygens (including phenoxy) is 1. The van der Waals surface area contributed by atoms with Crippen molar-refractivity contribution < 1.29 is 13.5 Å². The van der Waals surface area contributed by atoms with Gasteiger partial charge in [-0.1, -0.05) is 53.5 Å². The highest BCUT2D eigenvalue weighted by Gasteiger charge is 2.17. The van der Waals surface area contributed by atoms with Gasteiger partial charge in [0.1, 0.15) is 11.6 Å². The third kappa shape index (κ3) is 6.12. The lowest BCUT2D eigenvalue weighted by Crippen LogP contribution is -2.15. The molecule has 8 heteroatoms. The Labute approximate surface area is 194 Å². The van der Waals surface area contributed by atoms with E-state index in [4.69, 9.17) is 23.2 Å². The fraction of sp³-hybridized carbons (Fsp3) is 0.174. The molecule has 0 saturated carbocycles. The lowest BCUT2D eigenvalue weighted by Gasteiger charge is -2.16. The first-order chi connectivity index (χ1) is 14.9. The minimum atomic E-state index is -2.95. The quantitative estimate of drug-likeness (QED) is 0.214. The monoisotopic (exact) mass is 480 g/mol. The van der Waals surface area contributed by atoms with Gasteiger partial charge in [0.2, 0.25) is 0 Å². The van der Waals surface area contributed by atoms with Crippen molar-refractivity contribution >= 4 is 46.5 Å². The molecule has 0 saturated heterocycles. The number of benzene rings is 3. The summed E-state index contributed by atoms with van der Waals surface area (Å²) in [5.74, 6) is 0.740. The molecule has 0 aliphatic heterocycles. The smallest absolute Gasteiger partial charge is 0.387 e. The molecule has 0 bridgehead atoms. The van der Waals surface area contributed by atoms with Crippen LogP contribution in [0.25, 0.3) is 11.1 Å². The molecule has 31 heavy (non-hydrogen) atoms. The van der Waals surface area contributed by atoms with E-state index in [0.29, 0.717) is 33.3 Å². The number of aliphatic imine (C=N–C) groups is 1. The molecule has 3 rings (SSSR count). The van der Waals surface area contributed by atoms with Crippen LogP contribution in [0.5, 0.6) is 5.75 Å². The molecule has 0 spiro atoms. The summed E-state index contributed by atoms with van der Waals surface area (Å²) in [5.41, 5.74) is 2.57. The van der Waals surface area contributed by atoms with Crippen molar-refractivity contribution in [2.75, 3.05) is 18.6 Å². The van der Waals surface area contributed by atoms with E-state index in [-0.39, 0.29) is 5.75 Å². The van der Waals surface area contributed by atoms with Crippen LogP contribution in [0.2, 0.25) is 10.0 Å². The molecule has 0 radical (unpaired) electrons. The molecule has 0 aromatic heterocycles. The highest BCUT2D eigenvalue weighted by molar-refractivity contribution is 7.98. The molecular weight excluding hydrogens is 461 g/mol. The summed E-state index contributed by atoms with van der Waals surface area (Å²) >= 11 is 14.7. The number of nitrogens with one attached hydrogen (secondary N) is 1. The van der Waals surface area contributed by atoms with E-state index in [0.717, 1.165) is 11.4 Å². The van der Waals surface area contributed by atoms with Crippen LogP contribution in [-0.2, 0) is 6.42 Å². The summed E-state index contributed by atoms with van der Waals surface area (Å²) in [7, 11) is 1.70. The van der Waals surface area contributed by atoms with Crippen molar-refractivity contribution in [3.05, 3.63) is 76.3 Å². The second-order valence-electron chi connectivity index (χ2n) is 6.51. The molecule has 3 aromatic carbocycles. The molecule has 3 nitrogen and oxygen atoms in total. The molecule has 0 unspecified atom stereocenters. The summed E-state index contributed by atoms with van der Waals surface area (Å²) in [6.45, 7) is -2.95. The minimum Gasteiger partial charge on any atom is -0.434 e. The van der Waals surface area contributed by atoms with Gasteiger partial charge in [0, 0.05) is 35.2 Å². The predicted molar refractivity (Wildman–Crippen MR) is 127 cm³/mol. The Morgan fingerprint density at radius 1 is 1.06 bits per heavy atom. The number of nitrogens with zero attached hydrogens (tertiary/aromatic N) is 1. The molecule has 162 valence electrons. The van der Waals surface area contributed by atoms with E-state index in [2.05, 4.69) is 39.3 Å². The highest BCUT2D eigenvalue weighted by atomic mass is 35.5. The van der Waals surface area contributed by atoms with E-state index in [1.807, 2.05) is 6.26 Å². The Bertz CT molecular complexity index is 1050. The summed E-state index contributed by atoms with van der Waals surface area (Å²) in [6, 6.07) is 18.0. The molecule has 1 N–H and O–H groups in total. The summed E-state index contributed by atoms with van der Waals surface area (Å²) < 4.78 is 30.2. The summed E-state index contributed by atoms with van der Waals surface area (Å²) in [6.07, 6.45) is 2.64. The van der Waals surface area contributed by atoms with Gasteiger partial charge >= 0.3 is 6.61 Å². The van der Waals surface area contributed by atoms with Gasteiger partial charge in [-0.25, -0.2) is 0 Å². The fourth-order valence-electron chi connectivity index (χ4n) is 3.06. The average Bonchev–Trinajstić information content (AvgIpc) is 2.74. The second-order valence-corrected chi connectivity index (χ2v) is 8.20. The maximum absolute atomic E-state index is 12.8. The molecule has 0 amide bonds. The van der Waals surface area contributed by atoms with Gasteiger partial charge in [-0.2, -0.15) is 8.78 Å². The fourth-order valence-corrected chi connectivity index (χ4v) is 4.16. The number of amidine groups is 1. The van der Waals surface area contributed by atoms with Crippen LogP contribution in [0.1, 0.15) is 5.56 Å². The Morgan fingerprint density at radius 2 is 1.71 bits per heavy atom. The van der Waals surface area contributed by atoms with Crippen molar-refractivity contribution in [1.82, 2.24) is 0 Å². The number of halogens is 4. The van der Waals surface area contributed by atoms with E-state index in [1.165, 1.54) is 11.0 Å². The number of para-hydroxylation sites is 1. The van der Waals surface area contributed by atoms with Gasteiger partial charge in [0.05, 0.1) is 10.0 Å². The zero-order valence-electron chi connectivity index (χ0n) is 16.8. The third-order valence-corrected chi connectivity index (χ3v) is 5.84. The first-order valence-electron chi connectivity index (χ1n) is 9.30. The average molecular weight is 481 g/mol. The first-order valence-corrected chi connectivity index (χ1v) is 11.3. The first kappa shape index (κ1) is 23.4. The number of alkyl halides is 2. The number of hydrogen-bond donors (Lipinski definition) is 1. The normalized spacial score (nSPS) is 11.6. The van der Waals surface area contributed by atoms with Crippen LogP contribution >= 0.6 is 35.0 Å². The van der Waals surface area contributed by atoms with Crippen molar-refractivity contribution in [2.45, 2.75) is 17.9 Å². The van der Waals surface area contributed by atoms with Gasteiger partial charge < -0.3 is 10.1 Å². The Morgan fingerprint density at radius 3 is 2.29 bits per heavy atom. The molecule has 0 fully saturated rings. The van der Waals surface area contributed by atoms with Gasteiger partial charge in [0.15, 0.2) is 0 Å². The zero-order valence-corrected chi connectivity index (χ0v) is 19.2. The third-order valence-electron chi connectivity index (χ3n) is 4.50. The Hall–Kier alpha value is -2.28. The van der Waals surface area contributed by atoms with Crippen LogP contribution in [0.3, 0.4) is 0 Å². The SMILES string of the molecule is CN=C(Cc1ccc(SC)cc1)Nc1cc(Cl)c(-c2ccccc2OC(F)F)c(Cl)c1. The van der Waals surface area contributed by atoms with E-state index in [9.17, 15) is 8.78 Å². The van der Waals surface area contributed by atoms with Crippen molar-refractivity contribution in [3.8, 4) is 16.9 Å². The van der Waals surface area contributed by atoms with E-state index < -0.39 is 6.61 Å². The van der Waals surface area contributed by atoms with Crippen molar-refractivity contribution in [1.29, 1.82) is 0 Å². The van der Waals surface area contributed by atoms with Crippen LogP contribution in [0.15, 0.2) is 70.6 Å². The number of anilines is 1. The minimum absolute atomic E-state index is 0.00603. The second kappa shape index (κ2) is 10.8. The van der Waals surface area contributed by atoms with Gasteiger partial charge in [-0.3, -0.25) is 4.99 Å². The van der Waals surface area contributed by atoms with E-state index in [1.54, 1.807) is 49.1 Å².